The summed E-state index contributed by atoms with van der Waals surface area (Å²) in [6.07, 6.45) is 0. The number of nitriles is 1. The number of rotatable bonds is 3. The first kappa shape index (κ1) is 13.3. The lowest BCUT2D eigenvalue weighted by atomic mass is 10.2. The molecule has 0 atom stereocenters. The Morgan fingerprint density at radius 1 is 1.50 bits per heavy atom. The van der Waals surface area contributed by atoms with Crippen molar-refractivity contribution in [3.8, 4) is 6.07 Å². The lowest BCUT2D eigenvalue weighted by Gasteiger charge is -2.34. The number of halogens is 1. The fourth-order valence-electron chi connectivity index (χ4n) is 1.68. The van der Waals surface area contributed by atoms with Gasteiger partial charge in [0.25, 0.3) is 0 Å². The zero-order valence-corrected chi connectivity index (χ0v) is 11.3. The maximum absolute atomic E-state index is 12.4. The highest BCUT2D eigenvalue weighted by Crippen LogP contribution is 2.24. The van der Waals surface area contributed by atoms with Crippen LogP contribution in [0.5, 0.6) is 0 Å². The number of hydrogen-bond donors (Lipinski definition) is 1. The molecule has 0 amide bonds. The Bertz CT molecular complexity index is 605. The largest absolute Gasteiger partial charge is 0.313 e. The summed E-state index contributed by atoms with van der Waals surface area (Å²) in [5.74, 6) is 0. The van der Waals surface area contributed by atoms with Crippen molar-refractivity contribution >= 4 is 21.6 Å². The minimum atomic E-state index is -3.68. The van der Waals surface area contributed by atoms with Crippen LogP contribution in [0.15, 0.2) is 23.1 Å². The smallest absolute Gasteiger partial charge is 0.244 e. The van der Waals surface area contributed by atoms with E-state index in [9.17, 15) is 8.42 Å². The van der Waals surface area contributed by atoms with Crippen LogP contribution in [0, 0.1) is 11.3 Å². The first-order chi connectivity index (χ1) is 8.46. The quantitative estimate of drug-likeness (QED) is 0.892. The molecule has 1 N–H and O–H groups in total. The molecular weight excluding hydrogens is 274 g/mol. The van der Waals surface area contributed by atoms with Crippen molar-refractivity contribution in [2.24, 2.45) is 0 Å². The molecule has 0 aliphatic carbocycles. The topological polar surface area (TPSA) is 73.2 Å². The van der Waals surface area contributed by atoms with Crippen molar-refractivity contribution in [2.45, 2.75) is 10.9 Å². The summed E-state index contributed by atoms with van der Waals surface area (Å²) < 4.78 is 26.1. The molecule has 7 heteroatoms. The van der Waals surface area contributed by atoms with Crippen LogP contribution in [0.25, 0.3) is 0 Å². The van der Waals surface area contributed by atoms with E-state index in [1.165, 1.54) is 29.6 Å². The Kier molecular flexibility index (Phi) is 3.59. The molecule has 1 aliphatic heterocycles. The molecule has 1 fully saturated rings. The summed E-state index contributed by atoms with van der Waals surface area (Å²) in [6, 6.07) is 6.05. The van der Waals surface area contributed by atoms with E-state index in [0.717, 1.165) is 0 Å². The van der Waals surface area contributed by atoms with E-state index < -0.39 is 10.0 Å². The lowest BCUT2D eigenvalue weighted by Crippen LogP contribution is -2.57. The van der Waals surface area contributed by atoms with Gasteiger partial charge in [0.1, 0.15) is 11.0 Å². The van der Waals surface area contributed by atoms with Crippen LogP contribution in [0.2, 0.25) is 5.02 Å². The highest BCUT2D eigenvalue weighted by Gasteiger charge is 2.33. The van der Waals surface area contributed by atoms with Gasteiger partial charge in [0, 0.05) is 31.2 Å². The first-order valence-electron chi connectivity index (χ1n) is 5.35. The van der Waals surface area contributed by atoms with E-state index in [1.54, 1.807) is 0 Å². The molecule has 0 radical (unpaired) electrons. The number of hydrogen-bond acceptors (Lipinski definition) is 4. The van der Waals surface area contributed by atoms with E-state index >= 15 is 0 Å². The molecule has 5 nitrogen and oxygen atoms in total. The molecule has 0 aromatic heterocycles. The van der Waals surface area contributed by atoms with Gasteiger partial charge in [-0.1, -0.05) is 11.6 Å². The van der Waals surface area contributed by atoms with Crippen LogP contribution in [-0.2, 0) is 10.0 Å². The van der Waals surface area contributed by atoms with Crippen molar-refractivity contribution < 1.29 is 8.42 Å². The van der Waals surface area contributed by atoms with Crippen LogP contribution in [0.4, 0.5) is 0 Å². The second kappa shape index (κ2) is 4.86. The number of nitrogens with zero attached hydrogens (tertiary/aromatic N) is 2. The van der Waals surface area contributed by atoms with Gasteiger partial charge in [-0.15, -0.1) is 0 Å². The van der Waals surface area contributed by atoms with Crippen LogP contribution in [0.1, 0.15) is 5.56 Å². The Hall–Kier alpha value is -1.13. The normalized spacial score (nSPS) is 16.3. The maximum Gasteiger partial charge on any atom is 0.244 e. The second-order valence-electron chi connectivity index (χ2n) is 4.09. The summed E-state index contributed by atoms with van der Waals surface area (Å²) in [5, 5.41) is 12.3. The van der Waals surface area contributed by atoms with Gasteiger partial charge in [-0.2, -0.15) is 9.57 Å². The summed E-state index contributed by atoms with van der Waals surface area (Å²) in [6.45, 7) is 1.25. The molecule has 18 heavy (non-hydrogen) atoms. The Morgan fingerprint density at radius 3 is 2.67 bits per heavy atom. The molecule has 1 heterocycles. The molecular formula is C11H12ClN3O2S. The van der Waals surface area contributed by atoms with Gasteiger partial charge in [0.15, 0.2) is 0 Å². The van der Waals surface area contributed by atoms with Gasteiger partial charge in [0.2, 0.25) is 10.0 Å². The average molecular weight is 286 g/mol. The summed E-state index contributed by atoms with van der Waals surface area (Å²) in [5.41, 5.74) is 0.110. The zero-order chi connectivity index (χ0) is 13.3. The van der Waals surface area contributed by atoms with E-state index in [0.29, 0.717) is 18.1 Å². The monoisotopic (exact) mass is 285 g/mol. The molecule has 0 saturated carbocycles. The Balaban J connectivity index is 2.46. The standard InChI is InChI=1S/C11H12ClN3O2S/c1-15(10-6-14-7-10)18(16,17)11-4-9(12)3-2-8(11)5-13/h2-4,10,14H,6-7H2,1H3. The predicted molar refractivity (Wildman–Crippen MR) is 67.8 cm³/mol. The molecule has 0 spiro atoms. The zero-order valence-electron chi connectivity index (χ0n) is 9.72. The van der Waals surface area contributed by atoms with Crippen molar-refractivity contribution in [3.63, 3.8) is 0 Å². The fraction of sp³-hybridized carbons (Fsp3) is 0.364. The molecule has 0 bridgehead atoms. The highest BCUT2D eigenvalue weighted by molar-refractivity contribution is 7.89. The molecule has 1 aromatic carbocycles. The van der Waals surface area contributed by atoms with Crippen LogP contribution >= 0.6 is 11.6 Å². The number of nitrogens with one attached hydrogen (secondary N) is 1. The first-order valence-corrected chi connectivity index (χ1v) is 7.17. The molecule has 2 rings (SSSR count). The molecule has 0 unspecified atom stereocenters. The Labute approximate surface area is 111 Å². The van der Waals surface area contributed by atoms with E-state index in [1.807, 2.05) is 6.07 Å². The van der Waals surface area contributed by atoms with E-state index in [2.05, 4.69) is 5.32 Å². The van der Waals surface area contributed by atoms with Gasteiger partial charge in [0.05, 0.1) is 5.56 Å². The van der Waals surface area contributed by atoms with Crippen LogP contribution in [-0.4, -0.2) is 38.9 Å². The molecule has 1 aromatic rings. The maximum atomic E-state index is 12.4. The third-order valence-electron chi connectivity index (χ3n) is 3.00. The molecule has 96 valence electrons. The van der Waals surface area contributed by atoms with Crippen molar-refractivity contribution in [1.29, 1.82) is 5.26 Å². The minimum absolute atomic E-state index is 0.0353. The third kappa shape index (κ3) is 2.22. The van der Waals surface area contributed by atoms with Crippen LogP contribution in [0.3, 0.4) is 0 Å². The highest BCUT2D eigenvalue weighted by atomic mass is 35.5. The second-order valence-corrected chi connectivity index (χ2v) is 6.49. The number of likely N-dealkylation sites (N-methyl/N-ethyl adjacent to an activating group) is 1. The van der Waals surface area contributed by atoms with E-state index in [-0.39, 0.29) is 16.5 Å². The average Bonchev–Trinajstić information content (AvgIpc) is 2.26. The summed E-state index contributed by atoms with van der Waals surface area (Å²) >= 11 is 5.81. The van der Waals surface area contributed by atoms with Crippen molar-refractivity contribution in [3.05, 3.63) is 28.8 Å². The lowest BCUT2D eigenvalue weighted by molar-refractivity contribution is 0.274. The minimum Gasteiger partial charge on any atom is -0.313 e. The number of benzene rings is 1. The van der Waals surface area contributed by atoms with E-state index in [4.69, 9.17) is 16.9 Å². The fourth-order valence-corrected chi connectivity index (χ4v) is 3.44. The van der Waals surface area contributed by atoms with Gasteiger partial charge in [-0.05, 0) is 18.2 Å². The predicted octanol–water partition coefficient (Wildman–Crippen LogP) is 0.804. The van der Waals surface area contributed by atoms with Crippen LogP contribution < -0.4 is 5.32 Å². The summed E-state index contributed by atoms with van der Waals surface area (Å²) in [7, 11) is -2.16. The Morgan fingerprint density at radius 2 is 2.17 bits per heavy atom. The molecule has 1 aliphatic rings. The van der Waals surface area contributed by atoms with Gasteiger partial charge in [-0.25, -0.2) is 8.42 Å². The number of sulfonamides is 1. The van der Waals surface area contributed by atoms with Gasteiger partial charge >= 0.3 is 0 Å². The summed E-state index contributed by atoms with van der Waals surface area (Å²) in [4.78, 5) is -0.0353. The van der Waals surface area contributed by atoms with Crippen molar-refractivity contribution in [2.75, 3.05) is 20.1 Å². The van der Waals surface area contributed by atoms with Gasteiger partial charge < -0.3 is 5.32 Å². The van der Waals surface area contributed by atoms with Crippen molar-refractivity contribution in [1.82, 2.24) is 9.62 Å². The SMILES string of the molecule is CN(C1CNC1)S(=O)(=O)c1cc(Cl)ccc1C#N. The molecule has 1 saturated heterocycles. The third-order valence-corrected chi connectivity index (χ3v) is 5.18. The van der Waals surface area contributed by atoms with Gasteiger partial charge in [-0.3, -0.25) is 0 Å².